The predicted molar refractivity (Wildman–Crippen MR) is 137 cm³/mol. The minimum absolute atomic E-state index is 0.195. The van der Waals surface area contributed by atoms with Gasteiger partial charge in [0.25, 0.3) is 5.56 Å². The molecule has 3 aromatic carbocycles. The van der Waals surface area contributed by atoms with Crippen LogP contribution in [0, 0.1) is 5.82 Å². The maximum absolute atomic E-state index is 13.8. The average Bonchev–Trinajstić information content (AvgIpc) is 3.18. The van der Waals surface area contributed by atoms with Gasteiger partial charge in [0.05, 0.1) is 35.6 Å². The van der Waals surface area contributed by atoms with E-state index in [0.29, 0.717) is 31.9 Å². The molecule has 36 heavy (non-hydrogen) atoms. The minimum atomic E-state index is -0.744. The predicted octanol–water partition coefficient (Wildman–Crippen LogP) is 4.10. The van der Waals surface area contributed by atoms with E-state index in [0.717, 1.165) is 16.3 Å². The number of methoxy groups -OCH3 is 1. The molecule has 0 saturated carbocycles. The summed E-state index contributed by atoms with van der Waals surface area (Å²) in [5.41, 5.74) is 1.97. The Morgan fingerprint density at radius 2 is 1.83 bits per heavy atom. The third-order valence-corrected chi connectivity index (χ3v) is 7.10. The molecule has 1 aliphatic rings. The second kappa shape index (κ2) is 9.54. The van der Waals surface area contributed by atoms with Crippen molar-refractivity contribution < 1.29 is 18.7 Å². The molecule has 0 radical (unpaired) electrons. The first-order valence-corrected chi connectivity index (χ1v) is 12.3. The summed E-state index contributed by atoms with van der Waals surface area (Å²) in [6.45, 7) is 3.69. The Morgan fingerprint density at radius 1 is 1.11 bits per heavy atom. The Balaban J connectivity index is 1.81. The molecule has 1 aliphatic heterocycles. The highest BCUT2D eigenvalue weighted by molar-refractivity contribution is 7.07. The van der Waals surface area contributed by atoms with Crippen LogP contribution in [-0.2, 0) is 9.53 Å². The van der Waals surface area contributed by atoms with E-state index >= 15 is 0 Å². The maximum Gasteiger partial charge on any atom is 0.338 e. The number of benzene rings is 3. The monoisotopic (exact) mass is 502 g/mol. The Kier molecular flexibility index (Phi) is 6.28. The van der Waals surface area contributed by atoms with Crippen molar-refractivity contribution in [1.29, 1.82) is 0 Å². The molecule has 8 heteroatoms. The first-order valence-electron chi connectivity index (χ1n) is 11.4. The summed E-state index contributed by atoms with van der Waals surface area (Å²) in [6.07, 6.45) is 1.70. The van der Waals surface area contributed by atoms with Crippen LogP contribution in [0.2, 0.25) is 0 Å². The van der Waals surface area contributed by atoms with Crippen molar-refractivity contribution in [2.24, 2.45) is 4.99 Å². The van der Waals surface area contributed by atoms with Crippen LogP contribution in [-0.4, -0.2) is 24.3 Å². The number of hydrogen-bond acceptors (Lipinski definition) is 6. The van der Waals surface area contributed by atoms with E-state index < -0.39 is 12.0 Å². The van der Waals surface area contributed by atoms with Gasteiger partial charge in [0.1, 0.15) is 11.6 Å². The Labute approximate surface area is 210 Å². The van der Waals surface area contributed by atoms with Gasteiger partial charge in [-0.3, -0.25) is 9.36 Å². The van der Waals surface area contributed by atoms with Gasteiger partial charge in [0, 0.05) is 5.39 Å². The molecule has 182 valence electrons. The number of carbonyl (C=O) groups is 1. The molecule has 1 aromatic heterocycles. The van der Waals surface area contributed by atoms with Crippen molar-refractivity contribution in [3.63, 3.8) is 0 Å². The van der Waals surface area contributed by atoms with Gasteiger partial charge in [-0.05, 0) is 54.6 Å². The molecule has 2 heterocycles. The fourth-order valence-electron chi connectivity index (χ4n) is 4.51. The quantitative estimate of drug-likeness (QED) is 0.386. The van der Waals surface area contributed by atoms with E-state index in [-0.39, 0.29) is 18.0 Å². The molecule has 0 aliphatic carbocycles. The maximum atomic E-state index is 13.8. The molecule has 0 saturated heterocycles. The number of allylic oxidation sites excluding steroid dienone is 1. The SMILES string of the molecule is CCOC(=O)C1=C(C)N=c2s/c(=C/c3ccc(F)cc3)c(=O)n2[C@H]1c1ccc(OC)c2ccccc12. The lowest BCUT2D eigenvalue weighted by Crippen LogP contribution is -2.40. The normalized spacial score (nSPS) is 15.6. The van der Waals surface area contributed by atoms with Gasteiger partial charge in [0.2, 0.25) is 0 Å². The standard InChI is InChI=1S/C28H23FN2O4S/c1-4-35-27(33)24-16(2)30-28-31(26(32)23(36-28)15-17-9-11-18(29)12-10-17)25(24)21-13-14-22(34-3)20-8-6-5-7-19(20)21/h5-15,25H,4H2,1-3H3/b23-15+/t25-/m0/s1. The zero-order valence-electron chi connectivity index (χ0n) is 19.9. The summed E-state index contributed by atoms with van der Waals surface area (Å²) in [5.74, 6) is -0.178. The lowest BCUT2D eigenvalue weighted by atomic mass is 9.91. The van der Waals surface area contributed by atoms with Crippen LogP contribution in [0.15, 0.2) is 81.7 Å². The van der Waals surface area contributed by atoms with Crippen molar-refractivity contribution in [2.45, 2.75) is 19.9 Å². The summed E-state index contributed by atoms with van der Waals surface area (Å²) in [6, 6.07) is 16.6. The summed E-state index contributed by atoms with van der Waals surface area (Å²) >= 11 is 1.23. The Morgan fingerprint density at radius 3 is 2.53 bits per heavy atom. The molecule has 0 spiro atoms. The van der Waals surface area contributed by atoms with Gasteiger partial charge < -0.3 is 9.47 Å². The largest absolute Gasteiger partial charge is 0.496 e. The van der Waals surface area contributed by atoms with E-state index in [2.05, 4.69) is 4.99 Å². The molecule has 0 fully saturated rings. The highest BCUT2D eigenvalue weighted by Crippen LogP contribution is 2.37. The number of thiazole rings is 1. The van der Waals surface area contributed by atoms with Crippen molar-refractivity contribution in [3.05, 3.63) is 109 Å². The van der Waals surface area contributed by atoms with E-state index in [4.69, 9.17) is 9.47 Å². The lowest BCUT2D eigenvalue weighted by Gasteiger charge is -2.26. The zero-order chi connectivity index (χ0) is 25.4. The molecule has 0 N–H and O–H groups in total. The third kappa shape index (κ3) is 4.03. The number of halogens is 1. The molecule has 6 nitrogen and oxygen atoms in total. The summed E-state index contributed by atoms with van der Waals surface area (Å²) in [4.78, 5) is 32.0. The topological polar surface area (TPSA) is 69.9 Å². The van der Waals surface area contributed by atoms with Crippen LogP contribution in [0.4, 0.5) is 4.39 Å². The number of fused-ring (bicyclic) bond motifs is 2. The zero-order valence-corrected chi connectivity index (χ0v) is 20.8. The third-order valence-electron chi connectivity index (χ3n) is 6.12. The van der Waals surface area contributed by atoms with Crippen molar-refractivity contribution >= 4 is 34.2 Å². The molecule has 0 amide bonds. The van der Waals surface area contributed by atoms with E-state index in [1.54, 1.807) is 43.7 Å². The van der Waals surface area contributed by atoms with E-state index in [1.165, 1.54) is 23.5 Å². The fraction of sp³-hybridized carbons (Fsp3) is 0.179. The molecule has 5 rings (SSSR count). The van der Waals surface area contributed by atoms with Crippen LogP contribution in [0.25, 0.3) is 16.8 Å². The lowest BCUT2D eigenvalue weighted by molar-refractivity contribution is -0.139. The van der Waals surface area contributed by atoms with Crippen molar-refractivity contribution in [1.82, 2.24) is 4.57 Å². The fourth-order valence-corrected chi connectivity index (χ4v) is 5.55. The van der Waals surface area contributed by atoms with Gasteiger partial charge in [-0.2, -0.15) is 0 Å². The van der Waals surface area contributed by atoms with Gasteiger partial charge in [0.15, 0.2) is 4.80 Å². The Bertz CT molecular complexity index is 1700. The van der Waals surface area contributed by atoms with Crippen LogP contribution in [0.1, 0.15) is 31.0 Å². The number of nitrogens with zero attached hydrogens (tertiary/aromatic N) is 2. The smallest absolute Gasteiger partial charge is 0.338 e. The van der Waals surface area contributed by atoms with Gasteiger partial charge in [-0.25, -0.2) is 14.2 Å². The van der Waals surface area contributed by atoms with Gasteiger partial charge in [-0.15, -0.1) is 0 Å². The number of carbonyl (C=O) groups excluding carboxylic acids is 1. The van der Waals surface area contributed by atoms with Crippen LogP contribution in [0.5, 0.6) is 5.75 Å². The molecule has 0 bridgehead atoms. The number of esters is 1. The molecule has 4 aromatic rings. The number of ether oxygens (including phenoxy) is 2. The number of rotatable bonds is 5. The molecule has 0 unspecified atom stereocenters. The van der Waals surface area contributed by atoms with Gasteiger partial charge in [-0.1, -0.05) is 53.8 Å². The first-order chi connectivity index (χ1) is 17.4. The highest BCUT2D eigenvalue weighted by atomic mass is 32.1. The summed E-state index contributed by atoms with van der Waals surface area (Å²) in [5, 5.41) is 1.72. The van der Waals surface area contributed by atoms with Crippen LogP contribution < -0.4 is 19.6 Å². The Hall–Kier alpha value is -4.04. The number of hydrogen-bond donors (Lipinski definition) is 0. The molecular formula is C28H23FN2O4S. The number of aromatic nitrogens is 1. The van der Waals surface area contributed by atoms with E-state index in [9.17, 15) is 14.0 Å². The average molecular weight is 503 g/mol. The minimum Gasteiger partial charge on any atom is -0.496 e. The van der Waals surface area contributed by atoms with Gasteiger partial charge >= 0.3 is 5.97 Å². The second-order valence-electron chi connectivity index (χ2n) is 8.26. The highest BCUT2D eigenvalue weighted by Gasteiger charge is 2.34. The van der Waals surface area contributed by atoms with Crippen molar-refractivity contribution in [2.75, 3.05) is 13.7 Å². The van der Waals surface area contributed by atoms with Crippen LogP contribution >= 0.6 is 11.3 Å². The first kappa shape index (κ1) is 23.7. The van der Waals surface area contributed by atoms with Crippen molar-refractivity contribution in [3.8, 4) is 5.75 Å². The second-order valence-corrected chi connectivity index (χ2v) is 9.27. The molecular weight excluding hydrogens is 479 g/mol. The summed E-state index contributed by atoms with van der Waals surface area (Å²) in [7, 11) is 1.61. The van der Waals surface area contributed by atoms with Crippen LogP contribution in [0.3, 0.4) is 0 Å². The summed E-state index contributed by atoms with van der Waals surface area (Å²) < 4.78 is 26.3. The van der Waals surface area contributed by atoms with E-state index in [1.807, 2.05) is 36.4 Å². The molecule has 1 atom stereocenters.